The maximum atomic E-state index is 13.6. The van der Waals surface area contributed by atoms with Crippen molar-refractivity contribution in [3.63, 3.8) is 0 Å². The van der Waals surface area contributed by atoms with E-state index in [2.05, 4.69) is 5.32 Å². The van der Waals surface area contributed by atoms with Crippen molar-refractivity contribution in [3.8, 4) is 5.75 Å². The molecule has 26 heavy (non-hydrogen) atoms. The van der Waals surface area contributed by atoms with E-state index in [1.807, 2.05) is 0 Å². The number of amides is 1. The molecule has 0 atom stereocenters. The monoisotopic (exact) mass is 357 g/mol. The van der Waals surface area contributed by atoms with Crippen LogP contribution in [0.25, 0.3) is 0 Å². The van der Waals surface area contributed by atoms with Gasteiger partial charge in [0.05, 0.1) is 12.7 Å². The van der Waals surface area contributed by atoms with Gasteiger partial charge < -0.3 is 14.8 Å². The van der Waals surface area contributed by atoms with E-state index in [9.17, 15) is 18.8 Å². The summed E-state index contributed by atoms with van der Waals surface area (Å²) in [5.41, 5.74) is 1.88. The number of ketones is 1. The zero-order valence-corrected chi connectivity index (χ0v) is 14.0. The summed E-state index contributed by atoms with van der Waals surface area (Å²) in [6, 6.07) is 8.56. The summed E-state index contributed by atoms with van der Waals surface area (Å²) < 4.78 is 23.5. The Labute approximate surface area is 148 Å². The van der Waals surface area contributed by atoms with Gasteiger partial charge in [-0.25, -0.2) is 9.18 Å². The topological polar surface area (TPSA) is 81.7 Å². The summed E-state index contributed by atoms with van der Waals surface area (Å²) in [5.74, 6) is -1.89. The fraction of sp³-hybridized carbons (Fsp3) is 0.211. The number of fused-ring (bicyclic) bond motifs is 1. The lowest BCUT2D eigenvalue weighted by Crippen LogP contribution is -2.20. The van der Waals surface area contributed by atoms with E-state index in [1.54, 1.807) is 12.1 Å². The van der Waals surface area contributed by atoms with Gasteiger partial charge in [-0.05, 0) is 48.4 Å². The van der Waals surface area contributed by atoms with E-state index in [4.69, 9.17) is 9.47 Å². The van der Waals surface area contributed by atoms with Gasteiger partial charge in [0.2, 0.25) is 5.91 Å². The molecule has 0 radical (unpaired) electrons. The molecule has 0 aliphatic carbocycles. The molecular weight excluding hydrogens is 341 g/mol. The van der Waals surface area contributed by atoms with Gasteiger partial charge in [0.15, 0.2) is 24.0 Å². The number of hydrogen-bond acceptors (Lipinski definition) is 5. The predicted octanol–water partition coefficient (Wildman–Crippen LogP) is 2.76. The lowest BCUT2D eigenvalue weighted by atomic mass is 10.0. The number of rotatable bonds is 5. The number of carbonyl (C=O) groups is 3. The SMILES string of the molecule is COc1ccc(C(=O)COC(=O)c2ccc3c(c2)CCC(=O)N3)cc1F. The Morgan fingerprint density at radius 1 is 1.12 bits per heavy atom. The van der Waals surface area contributed by atoms with E-state index in [1.165, 1.54) is 25.3 Å². The van der Waals surface area contributed by atoms with Gasteiger partial charge >= 0.3 is 5.97 Å². The van der Waals surface area contributed by atoms with Crippen molar-refractivity contribution in [1.29, 1.82) is 0 Å². The molecule has 1 N–H and O–H groups in total. The molecule has 0 saturated heterocycles. The van der Waals surface area contributed by atoms with Crippen molar-refractivity contribution in [2.24, 2.45) is 0 Å². The van der Waals surface area contributed by atoms with Crippen LogP contribution in [0.5, 0.6) is 5.75 Å². The Morgan fingerprint density at radius 2 is 1.88 bits per heavy atom. The minimum absolute atomic E-state index is 0.0275. The van der Waals surface area contributed by atoms with E-state index < -0.39 is 24.2 Å². The third kappa shape index (κ3) is 3.72. The second-order valence-electron chi connectivity index (χ2n) is 5.77. The summed E-state index contributed by atoms with van der Waals surface area (Å²) in [5, 5.41) is 2.72. The number of hydrogen-bond donors (Lipinski definition) is 1. The lowest BCUT2D eigenvalue weighted by molar-refractivity contribution is -0.116. The lowest BCUT2D eigenvalue weighted by Gasteiger charge is -2.17. The number of Topliss-reactive ketones (excluding diaryl/α,β-unsaturated/α-hetero) is 1. The highest BCUT2D eigenvalue weighted by Gasteiger charge is 2.18. The van der Waals surface area contributed by atoms with Crippen molar-refractivity contribution in [1.82, 2.24) is 0 Å². The van der Waals surface area contributed by atoms with Crippen molar-refractivity contribution in [2.75, 3.05) is 19.0 Å². The van der Waals surface area contributed by atoms with Crippen molar-refractivity contribution in [2.45, 2.75) is 12.8 Å². The molecule has 0 saturated carbocycles. The third-order valence-electron chi connectivity index (χ3n) is 4.04. The average molecular weight is 357 g/mol. The van der Waals surface area contributed by atoms with Gasteiger partial charge in [-0.15, -0.1) is 0 Å². The maximum Gasteiger partial charge on any atom is 0.338 e. The van der Waals surface area contributed by atoms with Crippen LogP contribution < -0.4 is 10.1 Å². The Morgan fingerprint density at radius 3 is 2.62 bits per heavy atom. The number of carbonyl (C=O) groups excluding carboxylic acids is 3. The third-order valence-corrected chi connectivity index (χ3v) is 4.04. The summed E-state index contributed by atoms with van der Waals surface area (Å²) in [6.07, 6.45) is 0.888. The Balaban J connectivity index is 1.64. The first-order valence-corrected chi connectivity index (χ1v) is 7.94. The summed E-state index contributed by atoms with van der Waals surface area (Å²) >= 11 is 0. The number of esters is 1. The summed E-state index contributed by atoms with van der Waals surface area (Å²) in [7, 11) is 1.33. The second kappa shape index (κ2) is 7.35. The first kappa shape index (κ1) is 17.6. The van der Waals surface area contributed by atoms with Gasteiger partial charge in [0, 0.05) is 17.7 Å². The Hall–Kier alpha value is -3.22. The van der Waals surface area contributed by atoms with Gasteiger partial charge in [0.25, 0.3) is 0 Å². The van der Waals surface area contributed by atoms with Crippen LogP contribution in [0.1, 0.15) is 32.7 Å². The minimum Gasteiger partial charge on any atom is -0.494 e. The maximum absolute atomic E-state index is 13.6. The number of aryl methyl sites for hydroxylation is 1. The molecule has 3 rings (SSSR count). The molecule has 0 fully saturated rings. The molecule has 1 aliphatic heterocycles. The minimum atomic E-state index is -0.665. The molecule has 0 spiro atoms. The number of methoxy groups -OCH3 is 1. The van der Waals surface area contributed by atoms with Gasteiger partial charge in [-0.2, -0.15) is 0 Å². The predicted molar refractivity (Wildman–Crippen MR) is 91.0 cm³/mol. The van der Waals surface area contributed by atoms with E-state index in [-0.39, 0.29) is 22.8 Å². The molecule has 0 aromatic heterocycles. The highest BCUT2D eigenvalue weighted by Crippen LogP contribution is 2.24. The first-order chi connectivity index (χ1) is 12.5. The molecule has 2 aromatic rings. The zero-order valence-electron chi connectivity index (χ0n) is 14.0. The van der Waals surface area contributed by atoms with Crippen molar-refractivity contribution < 1.29 is 28.2 Å². The highest BCUT2D eigenvalue weighted by atomic mass is 19.1. The van der Waals surface area contributed by atoms with Crippen LogP contribution in [0.15, 0.2) is 36.4 Å². The Kier molecular flexibility index (Phi) is 4.97. The molecule has 6 nitrogen and oxygen atoms in total. The second-order valence-corrected chi connectivity index (χ2v) is 5.77. The summed E-state index contributed by atoms with van der Waals surface area (Å²) in [6.45, 7) is -0.502. The molecule has 2 aromatic carbocycles. The normalized spacial score (nSPS) is 12.8. The average Bonchev–Trinajstić information content (AvgIpc) is 2.65. The van der Waals surface area contributed by atoms with Gasteiger partial charge in [0.1, 0.15) is 0 Å². The molecule has 1 amide bonds. The zero-order chi connectivity index (χ0) is 18.7. The standard InChI is InChI=1S/C19H16FNO5/c1-25-17-6-3-12(9-14(17)20)16(22)10-26-19(24)13-2-5-15-11(8-13)4-7-18(23)21-15/h2-3,5-6,8-9H,4,7,10H2,1H3,(H,21,23). The molecule has 1 heterocycles. The number of benzene rings is 2. The smallest absolute Gasteiger partial charge is 0.338 e. The van der Waals surface area contributed by atoms with Gasteiger partial charge in [-0.3, -0.25) is 9.59 Å². The molecule has 1 aliphatic rings. The molecular formula is C19H16FNO5. The van der Waals surface area contributed by atoms with Crippen LogP contribution in [0.2, 0.25) is 0 Å². The Bertz CT molecular complexity index is 893. The highest BCUT2D eigenvalue weighted by molar-refractivity contribution is 6.00. The van der Waals surface area contributed by atoms with Crippen LogP contribution in [0.3, 0.4) is 0 Å². The van der Waals surface area contributed by atoms with Crippen LogP contribution in [-0.4, -0.2) is 31.4 Å². The van der Waals surface area contributed by atoms with Crippen LogP contribution >= 0.6 is 0 Å². The number of nitrogens with one attached hydrogen (secondary N) is 1. The van der Waals surface area contributed by atoms with Crippen LogP contribution in [0.4, 0.5) is 10.1 Å². The molecule has 0 bridgehead atoms. The number of ether oxygens (including phenoxy) is 2. The largest absolute Gasteiger partial charge is 0.494 e. The fourth-order valence-electron chi connectivity index (χ4n) is 2.65. The molecule has 134 valence electrons. The van der Waals surface area contributed by atoms with E-state index >= 15 is 0 Å². The van der Waals surface area contributed by atoms with Gasteiger partial charge in [-0.1, -0.05) is 0 Å². The van der Waals surface area contributed by atoms with Crippen LogP contribution in [-0.2, 0) is 16.0 Å². The molecule has 7 heteroatoms. The van der Waals surface area contributed by atoms with E-state index in [0.717, 1.165) is 11.6 Å². The summed E-state index contributed by atoms with van der Waals surface area (Å²) in [4.78, 5) is 35.6. The van der Waals surface area contributed by atoms with E-state index in [0.29, 0.717) is 18.5 Å². The number of halogens is 1. The van der Waals surface area contributed by atoms with Crippen molar-refractivity contribution >= 4 is 23.3 Å². The quantitative estimate of drug-likeness (QED) is 0.657. The fourth-order valence-corrected chi connectivity index (χ4v) is 2.65. The molecule has 0 unspecified atom stereocenters. The van der Waals surface area contributed by atoms with Crippen LogP contribution in [0, 0.1) is 5.82 Å². The number of anilines is 1. The first-order valence-electron chi connectivity index (χ1n) is 7.94. The van der Waals surface area contributed by atoms with Crippen molar-refractivity contribution in [3.05, 3.63) is 58.9 Å².